The smallest absolute Gasteiger partial charge is 0.191 e. The van der Waals surface area contributed by atoms with Crippen molar-refractivity contribution >= 4 is 5.78 Å². The fourth-order valence-electron chi connectivity index (χ4n) is 1.30. The van der Waals surface area contributed by atoms with Crippen LogP contribution in [-0.4, -0.2) is 25.5 Å². The Hall–Kier alpha value is -2.11. The zero-order chi connectivity index (χ0) is 11.5. The molecule has 5 nitrogen and oxygen atoms in total. The molecule has 0 amide bonds. The number of rotatable bonds is 3. The molecule has 82 valence electrons. The van der Waals surface area contributed by atoms with E-state index in [4.69, 9.17) is 0 Å². The predicted molar refractivity (Wildman–Crippen MR) is 53.2 cm³/mol. The molecule has 0 saturated carbocycles. The van der Waals surface area contributed by atoms with Gasteiger partial charge in [0.15, 0.2) is 11.6 Å². The summed E-state index contributed by atoms with van der Waals surface area (Å²) in [6.45, 7) is 0. The van der Waals surface area contributed by atoms with Gasteiger partial charge in [0.05, 0.1) is 6.42 Å². The minimum Gasteiger partial charge on any atom is -0.292 e. The number of Topliss-reactive ketones (excluding diaryl/α,β-unsaturated/α-hetero) is 1. The molecule has 2 rings (SSSR count). The number of hydrogen-bond donors (Lipinski definition) is 0. The van der Waals surface area contributed by atoms with Crippen LogP contribution in [0.4, 0.5) is 4.39 Å². The quantitative estimate of drug-likeness (QED) is 0.717. The third-order valence-electron chi connectivity index (χ3n) is 2.15. The van der Waals surface area contributed by atoms with E-state index in [1.807, 2.05) is 0 Å². The number of ketones is 1. The normalized spacial score (nSPS) is 10.4. The monoisotopic (exact) mass is 220 g/mol. The number of hydrogen-bond acceptors (Lipinski definition) is 4. The van der Waals surface area contributed by atoms with Gasteiger partial charge in [-0.1, -0.05) is 0 Å². The van der Waals surface area contributed by atoms with Crippen LogP contribution in [0.15, 0.2) is 24.7 Å². The summed E-state index contributed by atoms with van der Waals surface area (Å²) in [5.41, 5.74) is -0.162. The molecule has 0 aliphatic carbocycles. The predicted octanol–water partition coefficient (Wildman–Crippen LogP) is 0.775. The first kappa shape index (κ1) is 10.4. The van der Waals surface area contributed by atoms with Gasteiger partial charge in [0.25, 0.3) is 0 Å². The summed E-state index contributed by atoms with van der Waals surface area (Å²) in [6, 6.07) is 2.64. The lowest BCUT2D eigenvalue weighted by Crippen LogP contribution is -2.12. The second-order valence-electron chi connectivity index (χ2n) is 3.23. The molecule has 0 atom stereocenters. The highest BCUT2D eigenvalue weighted by atomic mass is 19.1. The zero-order valence-corrected chi connectivity index (χ0v) is 8.59. The Morgan fingerprint density at radius 3 is 2.94 bits per heavy atom. The van der Waals surface area contributed by atoms with Gasteiger partial charge in [0.1, 0.15) is 17.8 Å². The number of carbonyl (C=O) groups is 1. The third-order valence-corrected chi connectivity index (χ3v) is 2.15. The molecular weight excluding hydrogens is 211 g/mol. The second kappa shape index (κ2) is 4.18. The van der Waals surface area contributed by atoms with Crippen molar-refractivity contribution in [3.63, 3.8) is 0 Å². The van der Waals surface area contributed by atoms with Crippen molar-refractivity contribution in [2.45, 2.75) is 6.42 Å². The molecule has 2 aromatic rings. The maximum absolute atomic E-state index is 13.2. The van der Waals surface area contributed by atoms with E-state index in [1.54, 1.807) is 7.05 Å². The van der Waals surface area contributed by atoms with Gasteiger partial charge in [-0.25, -0.2) is 9.37 Å². The first-order chi connectivity index (χ1) is 7.68. The third kappa shape index (κ3) is 1.95. The van der Waals surface area contributed by atoms with E-state index in [0.29, 0.717) is 5.82 Å². The molecule has 6 heteroatoms. The van der Waals surface area contributed by atoms with Gasteiger partial charge < -0.3 is 0 Å². The van der Waals surface area contributed by atoms with E-state index >= 15 is 0 Å². The number of aryl methyl sites for hydroxylation is 1. The van der Waals surface area contributed by atoms with Crippen LogP contribution in [0.5, 0.6) is 0 Å². The standard InChI is InChI=1S/C10H9FN4O/c1-15-9(13-6-14-15)5-8(16)10-7(11)3-2-4-12-10/h2-4,6H,5H2,1H3. The summed E-state index contributed by atoms with van der Waals surface area (Å²) in [5, 5.41) is 3.82. The van der Waals surface area contributed by atoms with Crippen LogP contribution < -0.4 is 0 Å². The largest absolute Gasteiger partial charge is 0.292 e. The Balaban J connectivity index is 2.22. The van der Waals surface area contributed by atoms with Gasteiger partial charge >= 0.3 is 0 Å². The Kier molecular flexibility index (Phi) is 2.72. The van der Waals surface area contributed by atoms with Crippen molar-refractivity contribution in [3.05, 3.63) is 42.0 Å². The molecule has 0 fully saturated rings. The Labute approximate surface area is 91.0 Å². The Morgan fingerprint density at radius 1 is 1.50 bits per heavy atom. The van der Waals surface area contributed by atoms with E-state index in [1.165, 1.54) is 29.3 Å². The molecule has 2 heterocycles. The lowest BCUT2D eigenvalue weighted by Gasteiger charge is -2.00. The fraction of sp³-hybridized carbons (Fsp3) is 0.200. The van der Waals surface area contributed by atoms with Gasteiger partial charge in [-0.15, -0.1) is 0 Å². The van der Waals surface area contributed by atoms with Crippen LogP contribution in [0.25, 0.3) is 0 Å². The Morgan fingerprint density at radius 2 is 2.31 bits per heavy atom. The first-order valence-corrected chi connectivity index (χ1v) is 4.65. The second-order valence-corrected chi connectivity index (χ2v) is 3.23. The molecule has 0 aliphatic heterocycles. The molecule has 16 heavy (non-hydrogen) atoms. The SMILES string of the molecule is Cn1ncnc1CC(=O)c1ncccc1F. The van der Waals surface area contributed by atoms with Crippen molar-refractivity contribution < 1.29 is 9.18 Å². The van der Waals surface area contributed by atoms with Crippen LogP contribution in [-0.2, 0) is 13.5 Å². The van der Waals surface area contributed by atoms with Crippen LogP contribution >= 0.6 is 0 Å². The number of halogens is 1. The summed E-state index contributed by atoms with van der Waals surface area (Å²) >= 11 is 0. The van der Waals surface area contributed by atoms with Crippen LogP contribution in [0.3, 0.4) is 0 Å². The topological polar surface area (TPSA) is 60.7 Å². The molecule has 0 saturated heterocycles. The van der Waals surface area contributed by atoms with Gasteiger partial charge in [-0.05, 0) is 12.1 Å². The van der Waals surface area contributed by atoms with E-state index in [-0.39, 0.29) is 12.1 Å². The van der Waals surface area contributed by atoms with Gasteiger partial charge in [-0.2, -0.15) is 5.10 Å². The van der Waals surface area contributed by atoms with E-state index in [9.17, 15) is 9.18 Å². The zero-order valence-electron chi connectivity index (χ0n) is 8.59. The van der Waals surface area contributed by atoms with Gasteiger partial charge in [-0.3, -0.25) is 14.5 Å². The molecule has 0 aromatic carbocycles. The van der Waals surface area contributed by atoms with E-state index in [0.717, 1.165) is 0 Å². The highest BCUT2D eigenvalue weighted by Crippen LogP contribution is 2.06. The van der Waals surface area contributed by atoms with Gasteiger partial charge in [0.2, 0.25) is 0 Å². The van der Waals surface area contributed by atoms with E-state index < -0.39 is 11.6 Å². The molecule has 0 spiro atoms. The number of carbonyl (C=O) groups excluding carboxylic acids is 1. The van der Waals surface area contributed by atoms with Crippen molar-refractivity contribution in [2.24, 2.45) is 7.05 Å². The Bertz CT molecular complexity index is 523. The minimum absolute atomic E-state index is 0.00949. The summed E-state index contributed by atoms with van der Waals surface area (Å²) in [6.07, 6.45) is 2.72. The molecule has 0 N–H and O–H groups in total. The highest BCUT2D eigenvalue weighted by Gasteiger charge is 2.15. The average molecular weight is 220 g/mol. The molecule has 0 unspecified atom stereocenters. The van der Waals surface area contributed by atoms with Crippen molar-refractivity contribution in [2.75, 3.05) is 0 Å². The molecule has 0 aliphatic rings. The maximum Gasteiger partial charge on any atom is 0.191 e. The molecule has 0 radical (unpaired) electrons. The lowest BCUT2D eigenvalue weighted by molar-refractivity contribution is 0.0980. The maximum atomic E-state index is 13.2. The van der Waals surface area contributed by atoms with Gasteiger partial charge in [0, 0.05) is 13.2 Å². The van der Waals surface area contributed by atoms with Crippen LogP contribution in [0, 0.1) is 5.82 Å². The highest BCUT2D eigenvalue weighted by molar-refractivity contribution is 5.95. The lowest BCUT2D eigenvalue weighted by atomic mass is 10.2. The van der Waals surface area contributed by atoms with Crippen molar-refractivity contribution in [1.29, 1.82) is 0 Å². The summed E-state index contributed by atoms with van der Waals surface area (Å²) < 4.78 is 14.7. The van der Waals surface area contributed by atoms with E-state index in [2.05, 4.69) is 15.1 Å². The average Bonchev–Trinajstić information content (AvgIpc) is 2.65. The molecule has 2 aromatic heterocycles. The van der Waals surface area contributed by atoms with Crippen LogP contribution in [0.1, 0.15) is 16.3 Å². The minimum atomic E-state index is -0.616. The summed E-state index contributed by atoms with van der Waals surface area (Å²) in [4.78, 5) is 19.3. The van der Waals surface area contributed by atoms with Crippen molar-refractivity contribution in [1.82, 2.24) is 19.7 Å². The van der Waals surface area contributed by atoms with Crippen molar-refractivity contribution in [3.8, 4) is 0 Å². The fourth-order valence-corrected chi connectivity index (χ4v) is 1.30. The summed E-state index contributed by atoms with van der Waals surface area (Å²) in [7, 11) is 1.67. The molecule has 0 bridgehead atoms. The summed E-state index contributed by atoms with van der Waals surface area (Å²) in [5.74, 6) is -0.543. The van der Waals surface area contributed by atoms with Crippen LogP contribution in [0.2, 0.25) is 0 Å². The number of pyridine rings is 1. The first-order valence-electron chi connectivity index (χ1n) is 4.65. The molecular formula is C10H9FN4O. The number of nitrogens with zero attached hydrogens (tertiary/aromatic N) is 4. The number of aromatic nitrogens is 4.